The van der Waals surface area contributed by atoms with Gasteiger partial charge in [-0.25, -0.2) is 9.78 Å². The van der Waals surface area contributed by atoms with Crippen LogP contribution in [0.5, 0.6) is 0 Å². The van der Waals surface area contributed by atoms with Crippen molar-refractivity contribution in [2.45, 2.75) is 51.6 Å². The number of anilines is 2. The Labute approximate surface area is 204 Å². The summed E-state index contributed by atoms with van der Waals surface area (Å²) in [6.45, 7) is 2.21. The van der Waals surface area contributed by atoms with Gasteiger partial charge >= 0.3 is 11.7 Å². The van der Waals surface area contributed by atoms with Crippen LogP contribution in [0.3, 0.4) is 0 Å². The van der Waals surface area contributed by atoms with Crippen LogP contribution in [0.1, 0.15) is 54.9 Å². The fourth-order valence-corrected chi connectivity index (χ4v) is 6.66. The molecule has 4 aliphatic carbocycles. The lowest BCUT2D eigenvalue weighted by atomic mass is 9.48. The number of carbonyl (C=O) groups excluding carboxylic acids is 1. The molecule has 35 heavy (non-hydrogen) atoms. The molecule has 5 atom stereocenters. The van der Waals surface area contributed by atoms with Crippen molar-refractivity contribution in [3.05, 3.63) is 57.8 Å². The molecule has 6 rings (SSSR count). The normalized spacial score (nSPS) is 28.2. The number of carbonyl (C=O) groups is 1. The number of benzene rings is 1. The summed E-state index contributed by atoms with van der Waals surface area (Å²) in [4.78, 5) is 28.9. The summed E-state index contributed by atoms with van der Waals surface area (Å²) in [7, 11) is 0. The van der Waals surface area contributed by atoms with Gasteiger partial charge in [0.25, 0.3) is 0 Å². The van der Waals surface area contributed by atoms with Gasteiger partial charge in [-0.05, 0) is 62.3 Å². The van der Waals surface area contributed by atoms with E-state index in [-0.39, 0.29) is 52.7 Å². The molecule has 0 saturated heterocycles. The molecule has 4 aliphatic rings. The molecule has 182 valence electrons. The van der Waals surface area contributed by atoms with E-state index < -0.39 is 10.9 Å². The monoisotopic (exact) mass is 475 g/mol. The van der Waals surface area contributed by atoms with Gasteiger partial charge in [0.2, 0.25) is 5.82 Å². The number of hydrogen-bond acceptors (Lipinski definition) is 8. The summed E-state index contributed by atoms with van der Waals surface area (Å²) >= 11 is 0. The van der Waals surface area contributed by atoms with Gasteiger partial charge in [0.15, 0.2) is 0 Å². The number of pyridine rings is 1. The van der Waals surface area contributed by atoms with E-state index in [0.29, 0.717) is 12.5 Å². The maximum atomic E-state index is 12.8. The van der Waals surface area contributed by atoms with Crippen molar-refractivity contribution in [3.8, 4) is 6.07 Å². The lowest BCUT2D eigenvalue weighted by molar-refractivity contribution is -0.383. The summed E-state index contributed by atoms with van der Waals surface area (Å²) < 4.78 is 5.21. The molecule has 4 bridgehead atoms. The van der Waals surface area contributed by atoms with E-state index in [4.69, 9.17) is 4.74 Å². The van der Waals surface area contributed by atoms with Crippen molar-refractivity contribution in [2.75, 3.05) is 17.2 Å². The zero-order chi connectivity index (χ0) is 24.6. The van der Waals surface area contributed by atoms with Crippen molar-refractivity contribution in [2.24, 2.45) is 23.2 Å². The van der Waals surface area contributed by atoms with E-state index in [9.17, 15) is 20.2 Å². The first-order valence-electron chi connectivity index (χ1n) is 12.2. The van der Waals surface area contributed by atoms with E-state index in [1.807, 2.05) is 30.3 Å². The second-order valence-corrected chi connectivity index (χ2v) is 10.1. The Balaban J connectivity index is 1.50. The first-order chi connectivity index (χ1) is 16.9. The van der Waals surface area contributed by atoms with Crippen LogP contribution in [-0.4, -0.2) is 28.5 Å². The summed E-state index contributed by atoms with van der Waals surface area (Å²) in [5, 5.41) is 28.7. The Morgan fingerprint density at radius 3 is 2.60 bits per heavy atom. The van der Waals surface area contributed by atoms with E-state index in [2.05, 4.69) is 21.7 Å². The third-order valence-corrected chi connectivity index (χ3v) is 7.86. The average molecular weight is 476 g/mol. The highest BCUT2D eigenvalue weighted by Gasteiger charge is 2.56. The highest BCUT2D eigenvalue weighted by molar-refractivity contribution is 5.99. The molecule has 1 aromatic heterocycles. The first kappa shape index (κ1) is 23.1. The molecule has 0 spiro atoms. The number of hydrogen-bond donors (Lipinski definition) is 2. The highest BCUT2D eigenvalue weighted by Crippen LogP contribution is 2.60. The Morgan fingerprint density at radius 2 is 1.97 bits per heavy atom. The molecule has 0 aliphatic heterocycles. The fraction of sp³-hybridized carbons (Fsp3) is 0.500. The van der Waals surface area contributed by atoms with Crippen LogP contribution in [0, 0.1) is 44.6 Å². The zero-order valence-electron chi connectivity index (χ0n) is 19.7. The van der Waals surface area contributed by atoms with Gasteiger partial charge in [0, 0.05) is 18.8 Å². The summed E-state index contributed by atoms with van der Waals surface area (Å²) in [6, 6.07) is 12.1. The second kappa shape index (κ2) is 9.17. The van der Waals surface area contributed by atoms with Crippen molar-refractivity contribution in [3.63, 3.8) is 0 Å². The molecule has 2 aromatic rings. The number of rotatable bonds is 8. The largest absolute Gasteiger partial charge is 0.462 e. The molecular weight excluding hydrogens is 446 g/mol. The van der Waals surface area contributed by atoms with Gasteiger partial charge in [-0.15, -0.1) is 0 Å². The van der Waals surface area contributed by atoms with Crippen LogP contribution >= 0.6 is 0 Å². The summed E-state index contributed by atoms with van der Waals surface area (Å²) in [5.41, 5.74) is 0.645. The molecule has 2 N–H and O–H groups in total. The molecule has 2 unspecified atom stereocenters. The third-order valence-electron chi connectivity index (χ3n) is 7.86. The minimum Gasteiger partial charge on any atom is -0.462 e. The molecular formula is C26H29N5O4. The predicted octanol–water partition coefficient (Wildman–Crippen LogP) is 4.91. The molecule has 4 saturated carbocycles. The molecule has 0 amide bonds. The third kappa shape index (κ3) is 4.29. The molecule has 1 heterocycles. The number of nitriles is 1. The molecule has 0 radical (unpaired) electrons. The van der Waals surface area contributed by atoms with Gasteiger partial charge in [-0.1, -0.05) is 30.3 Å². The molecule has 9 nitrogen and oxygen atoms in total. The van der Waals surface area contributed by atoms with Gasteiger partial charge in [-0.2, -0.15) is 5.26 Å². The van der Waals surface area contributed by atoms with Crippen molar-refractivity contribution < 1.29 is 14.5 Å². The Kier molecular flexibility index (Phi) is 6.05. The molecule has 4 fully saturated rings. The van der Waals surface area contributed by atoms with Crippen LogP contribution < -0.4 is 10.6 Å². The first-order valence-corrected chi connectivity index (χ1v) is 12.2. The number of ether oxygens (including phenoxy) is 1. The predicted molar refractivity (Wildman–Crippen MR) is 130 cm³/mol. The number of nitrogens with zero attached hydrogens (tertiary/aromatic N) is 3. The topological polar surface area (TPSA) is 130 Å². The Bertz CT molecular complexity index is 1160. The maximum Gasteiger partial charge on any atom is 0.342 e. The van der Waals surface area contributed by atoms with Crippen LogP contribution in [0.2, 0.25) is 0 Å². The van der Waals surface area contributed by atoms with Crippen molar-refractivity contribution in [1.29, 1.82) is 5.26 Å². The van der Waals surface area contributed by atoms with Gasteiger partial charge < -0.3 is 15.4 Å². The summed E-state index contributed by atoms with van der Waals surface area (Å²) in [5.74, 6) is 0.475. The van der Waals surface area contributed by atoms with E-state index in [0.717, 1.165) is 37.7 Å². The molecule has 1 aromatic carbocycles. The Morgan fingerprint density at radius 1 is 1.26 bits per heavy atom. The SMILES string of the molecule is CCOC(=O)c1cnc(NCc2ccccc2)c([N+](=O)[O-])c1NC1C2C[C@@H]3C[C@H]1C[C@](C#N)(C2)C3. The van der Waals surface area contributed by atoms with Crippen LogP contribution in [0.15, 0.2) is 36.5 Å². The van der Waals surface area contributed by atoms with Crippen LogP contribution in [-0.2, 0) is 11.3 Å². The van der Waals surface area contributed by atoms with Crippen LogP contribution in [0.25, 0.3) is 0 Å². The van der Waals surface area contributed by atoms with E-state index in [1.54, 1.807) is 6.92 Å². The Hall–Kier alpha value is -3.67. The number of nitro groups is 1. The van der Waals surface area contributed by atoms with Gasteiger partial charge in [0.05, 0.1) is 23.0 Å². The molecule has 9 heteroatoms. The number of aromatic nitrogens is 1. The summed E-state index contributed by atoms with van der Waals surface area (Å²) in [6.07, 6.45) is 5.91. The van der Waals surface area contributed by atoms with Crippen molar-refractivity contribution >= 4 is 23.2 Å². The van der Waals surface area contributed by atoms with E-state index in [1.165, 1.54) is 6.20 Å². The maximum absolute atomic E-state index is 12.8. The fourth-order valence-electron chi connectivity index (χ4n) is 6.66. The smallest absolute Gasteiger partial charge is 0.342 e. The minimum atomic E-state index is -0.641. The lowest BCUT2D eigenvalue weighted by Gasteiger charge is -2.57. The lowest BCUT2D eigenvalue weighted by Crippen LogP contribution is -2.55. The highest BCUT2D eigenvalue weighted by atomic mass is 16.6. The second-order valence-electron chi connectivity index (χ2n) is 10.1. The standard InChI is InChI=1S/C26H29N5O4/c1-2-35-25(32)20-14-29-24(28-13-16-6-4-3-5-7-16)23(31(33)34)22(20)30-21-18-8-17-9-19(21)12-26(10-17,11-18)15-27/h3-7,14,17-19,21H,2,8-13H2,1H3,(H2,28,29,30)/t17-,18-,19?,21?,26-/m0/s1. The van der Waals surface area contributed by atoms with Gasteiger partial charge in [0.1, 0.15) is 11.3 Å². The van der Waals surface area contributed by atoms with Crippen LogP contribution in [0.4, 0.5) is 17.2 Å². The number of esters is 1. The minimum absolute atomic E-state index is 0.0377. The quantitative estimate of drug-likeness (QED) is 0.313. The van der Waals surface area contributed by atoms with E-state index >= 15 is 0 Å². The average Bonchev–Trinajstić information content (AvgIpc) is 2.85. The zero-order valence-corrected chi connectivity index (χ0v) is 19.7. The number of nitrogens with one attached hydrogen (secondary N) is 2. The van der Waals surface area contributed by atoms with Gasteiger partial charge in [-0.3, -0.25) is 10.1 Å². The van der Waals surface area contributed by atoms with Crippen molar-refractivity contribution in [1.82, 2.24) is 4.98 Å².